The third-order valence-corrected chi connectivity index (χ3v) is 4.90. The second-order valence-electron chi connectivity index (χ2n) is 6.81. The van der Waals surface area contributed by atoms with Gasteiger partial charge in [-0.05, 0) is 48.7 Å². The molecule has 1 aliphatic rings. The van der Waals surface area contributed by atoms with Crippen molar-refractivity contribution in [2.45, 2.75) is 52.1 Å². The van der Waals surface area contributed by atoms with E-state index in [2.05, 4.69) is 60.3 Å². The second-order valence-corrected chi connectivity index (χ2v) is 6.81. The molecule has 2 aromatic rings. The quantitative estimate of drug-likeness (QED) is 0.806. The average molecular weight is 270 g/mol. The third-order valence-electron chi connectivity index (χ3n) is 4.90. The van der Waals surface area contributed by atoms with Crippen molar-refractivity contribution in [1.82, 2.24) is 9.88 Å². The molecule has 1 fully saturated rings. The molecule has 2 nitrogen and oxygen atoms in total. The molecule has 1 unspecified atom stereocenters. The molecule has 0 spiro atoms. The Balaban J connectivity index is 1.51. The molecule has 1 aromatic carbocycles. The molecule has 1 aromatic heterocycles. The van der Waals surface area contributed by atoms with Crippen LogP contribution in [0.1, 0.15) is 39.5 Å². The molecule has 1 N–H and O–H groups in total. The number of benzene rings is 1. The normalized spacial score (nSPS) is 21.6. The minimum absolute atomic E-state index is 0.486. The smallest absolute Gasteiger partial charge is 0.0480 e. The number of aryl methyl sites for hydroxylation is 1. The van der Waals surface area contributed by atoms with Crippen LogP contribution >= 0.6 is 0 Å². The van der Waals surface area contributed by atoms with Gasteiger partial charge in [-0.1, -0.05) is 38.5 Å². The molecule has 2 heteroatoms. The molecule has 1 saturated carbocycles. The van der Waals surface area contributed by atoms with Gasteiger partial charge in [0.1, 0.15) is 0 Å². The van der Waals surface area contributed by atoms with E-state index < -0.39 is 0 Å². The van der Waals surface area contributed by atoms with Crippen LogP contribution in [0.3, 0.4) is 0 Å². The van der Waals surface area contributed by atoms with E-state index in [0.29, 0.717) is 11.5 Å². The highest BCUT2D eigenvalue weighted by atomic mass is 15.0. The summed E-state index contributed by atoms with van der Waals surface area (Å²) in [7, 11) is 0. The lowest BCUT2D eigenvalue weighted by molar-refractivity contribution is 0.282. The largest absolute Gasteiger partial charge is 0.347 e. The first-order valence-electron chi connectivity index (χ1n) is 7.94. The highest BCUT2D eigenvalue weighted by Crippen LogP contribution is 2.37. The van der Waals surface area contributed by atoms with Crippen LogP contribution in [0.15, 0.2) is 36.5 Å². The van der Waals surface area contributed by atoms with Crippen molar-refractivity contribution in [3.8, 4) is 0 Å². The van der Waals surface area contributed by atoms with Crippen molar-refractivity contribution in [1.29, 1.82) is 0 Å². The molecule has 0 amide bonds. The summed E-state index contributed by atoms with van der Waals surface area (Å²) in [5.74, 6) is 0. The summed E-state index contributed by atoms with van der Waals surface area (Å²) in [6, 6.07) is 11.6. The van der Waals surface area contributed by atoms with Gasteiger partial charge in [-0.3, -0.25) is 0 Å². The summed E-state index contributed by atoms with van der Waals surface area (Å²) in [5.41, 5.74) is 1.84. The van der Waals surface area contributed by atoms with Gasteiger partial charge in [-0.25, -0.2) is 0 Å². The molecule has 0 saturated heterocycles. The Hall–Kier alpha value is -1.28. The van der Waals surface area contributed by atoms with Crippen molar-refractivity contribution in [3.05, 3.63) is 36.5 Å². The van der Waals surface area contributed by atoms with Crippen LogP contribution in [0.5, 0.6) is 0 Å². The van der Waals surface area contributed by atoms with Crippen molar-refractivity contribution >= 4 is 10.9 Å². The zero-order valence-corrected chi connectivity index (χ0v) is 12.7. The van der Waals surface area contributed by atoms with Gasteiger partial charge in [0, 0.05) is 24.3 Å². The SMILES string of the molecule is CC1(C)CCCC1NCCCn1ccc2ccccc21. The highest BCUT2D eigenvalue weighted by Gasteiger charge is 2.33. The molecular formula is C18H26N2. The van der Waals surface area contributed by atoms with Gasteiger partial charge in [0.05, 0.1) is 0 Å². The molecular weight excluding hydrogens is 244 g/mol. The van der Waals surface area contributed by atoms with Crippen molar-refractivity contribution in [3.63, 3.8) is 0 Å². The lowest BCUT2D eigenvalue weighted by Gasteiger charge is -2.28. The monoisotopic (exact) mass is 270 g/mol. The van der Waals surface area contributed by atoms with Crippen molar-refractivity contribution in [2.75, 3.05) is 6.54 Å². The lowest BCUT2D eigenvalue weighted by atomic mass is 9.87. The maximum Gasteiger partial charge on any atom is 0.0480 e. The van der Waals surface area contributed by atoms with E-state index in [0.717, 1.165) is 13.1 Å². The fourth-order valence-corrected chi connectivity index (χ4v) is 3.57. The van der Waals surface area contributed by atoms with E-state index in [1.165, 1.54) is 36.6 Å². The molecule has 108 valence electrons. The Morgan fingerprint density at radius 2 is 2.10 bits per heavy atom. The van der Waals surface area contributed by atoms with Crippen LogP contribution < -0.4 is 5.32 Å². The Kier molecular flexibility index (Phi) is 3.84. The molecule has 0 aliphatic heterocycles. The first kappa shape index (κ1) is 13.7. The number of para-hydroxylation sites is 1. The van der Waals surface area contributed by atoms with Crippen molar-refractivity contribution < 1.29 is 0 Å². The Morgan fingerprint density at radius 3 is 2.90 bits per heavy atom. The van der Waals surface area contributed by atoms with E-state index in [9.17, 15) is 0 Å². The first-order chi connectivity index (χ1) is 9.67. The van der Waals surface area contributed by atoms with E-state index >= 15 is 0 Å². The Labute approximate surface area is 122 Å². The van der Waals surface area contributed by atoms with Crippen LogP contribution in [0.2, 0.25) is 0 Å². The fourth-order valence-electron chi connectivity index (χ4n) is 3.57. The maximum atomic E-state index is 3.77. The number of fused-ring (bicyclic) bond motifs is 1. The van der Waals surface area contributed by atoms with Crippen LogP contribution in [0.25, 0.3) is 10.9 Å². The number of nitrogens with zero attached hydrogens (tertiary/aromatic N) is 1. The number of nitrogens with one attached hydrogen (secondary N) is 1. The van der Waals surface area contributed by atoms with Gasteiger partial charge in [0.2, 0.25) is 0 Å². The summed E-state index contributed by atoms with van der Waals surface area (Å²) < 4.78 is 2.37. The Bertz CT molecular complexity index is 568. The minimum Gasteiger partial charge on any atom is -0.347 e. The summed E-state index contributed by atoms with van der Waals surface area (Å²) in [6.07, 6.45) is 7.51. The van der Waals surface area contributed by atoms with Crippen molar-refractivity contribution in [2.24, 2.45) is 5.41 Å². The Morgan fingerprint density at radius 1 is 1.25 bits per heavy atom. The van der Waals surface area contributed by atoms with Gasteiger partial charge in [-0.15, -0.1) is 0 Å². The van der Waals surface area contributed by atoms with Crippen LogP contribution in [-0.2, 0) is 6.54 Å². The minimum atomic E-state index is 0.486. The number of rotatable bonds is 5. The molecule has 1 heterocycles. The van der Waals surface area contributed by atoms with Crippen LogP contribution in [0.4, 0.5) is 0 Å². The summed E-state index contributed by atoms with van der Waals surface area (Å²) >= 11 is 0. The zero-order chi connectivity index (χ0) is 14.0. The first-order valence-corrected chi connectivity index (χ1v) is 7.94. The summed E-state index contributed by atoms with van der Waals surface area (Å²) in [4.78, 5) is 0. The van der Waals surface area contributed by atoms with Gasteiger partial charge in [0.15, 0.2) is 0 Å². The van der Waals surface area contributed by atoms with Crippen LogP contribution in [0, 0.1) is 5.41 Å². The zero-order valence-electron chi connectivity index (χ0n) is 12.7. The molecule has 20 heavy (non-hydrogen) atoms. The highest BCUT2D eigenvalue weighted by molar-refractivity contribution is 5.79. The topological polar surface area (TPSA) is 17.0 Å². The molecule has 0 bridgehead atoms. The summed E-state index contributed by atoms with van der Waals surface area (Å²) in [5, 5.41) is 5.11. The van der Waals surface area contributed by atoms with E-state index in [-0.39, 0.29) is 0 Å². The predicted octanol–water partition coefficient (Wildman–Crippen LogP) is 4.20. The second kappa shape index (κ2) is 5.61. The van der Waals surface area contributed by atoms with Gasteiger partial charge in [0.25, 0.3) is 0 Å². The average Bonchev–Trinajstić information content (AvgIpc) is 2.99. The van der Waals surface area contributed by atoms with Crippen LogP contribution in [-0.4, -0.2) is 17.2 Å². The van der Waals surface area contributed by atoms with Gasteiger partial charge in [-0.2, -0.15) is 0 Å². The number of hydrogen-bond donors (Lipinski definition) is 1. The van der Waals surface area contributed by atoms with E-state index in [1.54, 1.807) is 0 Å². The summed E-state index contributed by atoms with van der Waals surface area (Å²) in [6.45, 7) is 7.03. The fraction of sp³-hybridized carbons (Fsp3) is 0.556. The predicted molar refractivity (Wildman–Crippen MR) is 86.0 cm³/mol. The molecule has 3 rings (SSSR count). The van der Waals surface area contributed by atoms with Gasteiger partial charge >= 0.3 is 0 Å². The molecule has 0 radical (unpaired) electrons. The van der Waals surface area contributed by atoms with Gasteiger partial charge < -0.3 is 9.88 Å². The van der Waals surface area contributed by atoms with E-state index in [4.69, 9.17) is 0 Å². The third kappa shape index (κ3) is 2.76. The maximum absolute atomic E-state index is 3.77. The molecule has 1 aliphatic carbocycles. The number of hydrogen-bond acceptors (Lipinski definition) is 1. The number of aromatic nitrogens is 1. The standard InChI is InChI=1S/C18H26N2/c1-18(2)11-5-9-17(18)19-12-6-13-20-14-10-15-7-3-4-8-16(15)20/h3-4,7-8,10,14,17,19H,5-6,9,11-13H2,1-2H3. The molecule has 1 atom stereocenters. The lowest BCUT2D eigenvalue weighted by Crippen LogP contribution is -2.38. The van der Waals surface area contributed by atoms with E-state index in [1.807, 2.05) is 0 Å².